The number of amides is 1. The first-order valence-electron chi connectivity index (χ1n) is 7.29. The van der Waals surface area contributed by atoms with Crippen molar-refractivity contribution in [1.82, 2.24) is 20.3 Å². The predicted octanol–water partition coefficient (Wildman–Crippen LogP) is 1.69. The molecule has 0 spiro atoms. The van der Waals surface area contributed by atoms with E-state index in [9.17, 15) is 4.79 Å². The van der Waals surface area contributed by atoms with Crippen molar-refractivity contribution in [3.8, 4) is 0 Å². The molecule has 2 aromatic rings. The lowest BCUT2D eigenvalue weighted by Gasteiger charge is -2.17. The second kappa shape index (κ2) is 7.49. The molecule has 0 aliphatic heterocycles. The summed E-state index contributed by atoms with van der Waals surface area (Å²) in [5.41, 5.74) is 1.69. The molecule has 22 heavy (non-hydrogen) atoms. The Kier molecular flexibility index (Phi) is 5.41. The highest BCUT2D eigenvalue weighted by atomic mass is 16.1. The van der Waals surface area contributed by atoms with Crippen LogP contribution in [0.1, 0.15) is 29.8 Å². The molecule has 0 aliphatic rings. The van der Waals surface area contributed by atoms with Gasteiger partial charge in [0.25, 0.3) is 5.91 Å². The molecule has 0 fully saturated rings. The summed E-state index contributed by atoms with van der Waals surface area (Å²) in [4.78, 5) is 26.3. The highest BCUT2D eigenvalue weighted by Gasteiger charge is 2.10. The van der Waals surface area contributed by atoms with E-state index in [-0.39, 0.29) is 11.9 Å². The Balaban J connectivity index is 1.93. The van der Waals surface area contributed by atoms with Crippen molar-refractivity contribution in [2.24, 2.45) is 0 Å². The summed E-state index contributed by atoms with van der Waals surface area (Å²) >= 11 is 0. The van der Waals surface area contributed by atoms with Crippen molar-refractivity contribution >= 4 is 11.9 Å². The Morgan fingerprint density at radius 1 is 1.23 bits per heavy atom. The molecule has 0 saturated carbocycles. The van der Waals surface area contributed by atoms with Gasteiger partial charge < -0.3 is 10.2 Å². The molecule has 6 heteroatoms. The third kappa shape index (κ3) is 4.51. The van der Waals surface area contributed by atoms with Crippen LogP contribution in [0.4, 0.5) is 5.95 Å². The second-order valence-electron chi connectivity index (χ2n) is 5.43. The number of rotatable bonds is 6. The summed E-state index contributed by atoms with van der Waals surface area (Å²) in [6, 6.07) is 4.08. The van der Waals surface area contributed by atoms with Gasteiger partial charge in [-0.05, 0) is 38.0 Å². The van der Waals surface area contributed by atoms with Crippen LogP contribution < -0.4 is 10.2 Å². The average molecular weight is 299 g/mol. The lowest BCUT2D eigenvalue weighted by molar-refractivity contribution is 0.0942. The van der Waals surface area contributed by atoms with E-state index >= 15 is 0 Å². The molecule has 0 aromatic carbocycles. The first kappa shape index (κ1) is 15.9. The normalized spacial score (nSPS) is 10.5. The number of aromatic nitrogens is 3. The number of nitrogens with one attached hydrogen (secondary N) is 1. The van der Waals surface area contributed by atoms with Crippen LogP contribution in [0, 0.1) is 0 Å². The molecule has 0 atom stereocenters. The molecule has 1 amide bonds. The lowest BCUT2D eigenvalue weighted by Crippen LogP contribution is -2.30. The van der Waals surface area contributed by atoms with Gasteiger partial charge in [-0.3, -0.25) is 9.78 Å². The highest BCUT2D eigenvalue weighted by molar-refractivity contribution is 5.93. The summed E-state index contributed by atoms with van der Waals surface area (Å²) in [5, 5.41) is 2.82. The number of nitrogens with zero attached hydrogens (tertiary/aromatic N) is 4. The topological polar surface area (TPSA) is 71.0 Å². The van der Waals surface area contributed by atoms with Gasteiger partial charge in [0.15, 0.2) is 0 Å². The van der Waals surface area contributed by atoms with Crippen LogP contribution >= 0.6 is 0 Å². The highest BCUT2D eigenvalue weighted by Crippen LogP contribution is 2.07. The third-order valence-electron chi connectivity index (χ3n) is 3.15. The van der Waals surface area contributed by atoms with Crippen molar-refractivity contribution < 1.29 is 4.79 Å². The van der Waals surface area contributed by atoms with Gasteiger partial charge in [0, 0.05) is 44.4 Å². The number of carbonyl (C=O) groups excluding carboxylic acids is 1. The Bertz CT molecular complexity index is 598. The Hall–Kier alpha value is -2.50. The van der Waals surface area contributed by atoms with Crippen LogP contribution in [0.15, 0.2) is 36.9 Å². The Morgan fingerprint density at radius 2 is 1.86 bits per heavy atom. The second-order valence-corrected chi connectivity index (χ2v) is 5.43. The summed E-state index contributed by atoms with van der Waals surface area (Å²) < 4.78 is 0. The Morgan fingerprint density at radius 3 is 2.45 bits per heavy atom. The van der Waals surface area contributed by atoms with Crippen LogP contribution in [0.3, 0.4) is 0 Å². The van der Waals surface area contributed by atoms with Crippen molar-refractivity contribution in [1.29, 1.82) is 0 Å². The van der Waals surface area contributed by atoms with E-state index < -0.39 is 0 Å². The van der Waals surface area contributed by atoms with Crippen molar-refractivity contribution in [2.45, 2.75) is 26.3 Å². The van der Waals surface area contributed by atoms with E-state index in [4.69, 9.17) is 0 Å². The van der Waals surface area contributed by atoms with E-state index in [0.717, 1.165) is 13.0 Å². The predicted molar refractivity (Wildman–Crippen MR) is 85.8 cm³/mol. The lowest BCUT2D eigenvalue weighted by atomic mass is 10.2. The number of carbonyl (C=O) groups is 1. The molecule has 0 aliphatic carbocycles. The molecule has 1 N–H and O–H groups in total. The maximum Gasteiger partial charge on any atom is 0.254 e. The molecule has 116 valence electrons. The van der Waals surface area contributed by atoms with Gasteiger partial charge in [0.2, 0.25) is 5.95 Å². The summed E-state index contributed by atoms with van der Waals surface area (Å²) in [5.74, 6) is 0.455. The van der Waals surface area contributed by atoms with Gasteiger partial charge in [-0.2, -0.15) is 0 Å². The smallest absolute Gasteiger partial charge is 0.254 e. The van der Waals surface area contributed by atoms with Gasteiger partial charge >= 0.3 is 0 Å². The van der Waals surface area contributed by atoms with Gasteiger partial charge in [-0.1, -0.05) is 0 Å². The fourth-order valence-corrected chi connectivity index (χ4v) is 1.93. The molecular weight excluding hydrogens is 278 g/mol. The third-order valence-corrected chi connectivity index (χ3v) is 3.15. The Labute approximate surface area is 130 Å². The monoisotopic (exact) mass is 299 g/mol. The minimum Gasteiger partial charge on any atom is -0.350 e. The largest absolute Gasteiger partial charge is 0.350 e. The molecule has 6 nitrogen and oxygen atoms in total. The number of pyridine rings is 1. The fourth-order valence-electron chi connectivity index (χ4n) is 1.93. The number of anilines is 1. The van der Waals surface area contributed by atoms with Crippen LogP contribution in [-0.2, 0) is 6.42 Å². The molecule has 2 heterocycles. The van der Waals surface area contributed by atoms with E-state index in [1.54, 1.807) is 24.8 Å². The molecule has 0 unspecified atom stereocenters. The quantitative estimate of drug-likeness (QED) is 0.879. The van der Waals surface area contributed by atoms with Crippen LogP contribution in [-0.4, -0.2) is 40.5 Å². The minimum atomic E-state index is -0.152. The van der Waals surface area contributed by atoms with E-state index in [1.165, 1.54) is 5.56 Å². The summed E-state index contributed by atoms with van der Waals surface area (Å²) in [6.45, 7) is 4.63. The van der Waals surface area contributed by atoms with Crippen molar-refractivity contribution in [3.05, 3.63) is 48.0 Å². The van der Waals surface area contributed by atoms with Crippen LogP contribution in [0.2, 0.25) is 0 Å². The van der Waals surface area contributed by atoms with Gasteiger partial charge in [-0.25, -0.2) is 9.97 Å². The first-order valence-corrected chi connectivity index (χ1v) is 7.29. The number of likely N-dealkylation sites (N-methyl/N-ethyl adjacent to an activating group) is 1. The van der Waals surface area contributed by atoms with Crippen molar-refractivity contribution in [2.75, 3.05) is 18.5 Å². The standard InChI is InChI=1S/C16H21N5O/c1-12(2)20-15(22)14-10-18-16(19-11-14)21(3)9-6-13-4-7-17-8-5-13/h4-5,7-8,10-12H,6,9H2,1-3H3,(H,20,22). The van der Waals surface area contributed by atoms with Gasteiger partial charge in [0.05, 0.1) is 5.56 Å². The summed E-state index contributed by atoms with van der Waals surface area (Å²) in [7, 11) is 1.93. The molecule has 0 saturated heterocycles. The average Bonchev–Trinajstić information content (AvgIpc) is 2.53. The zero-order valence-electron chi connectivity index (χ0n) is 13.2. The van der Waals surface area contributed by atoms with E-state index in [0.29, 0.717) is 11.5 Å². The fraction of sp³-hybridized carbons (Fsp3) is 0.375. The molecule has 0 radical (unpaired) electrons. The molecule has 2 rings (SSSR count). The molecular formula is C16H21N5O. The zero-order valence-corrected chi connectivity index (χ0v) is 13.2. The first-order chi connectivity index (χ1) is 10.6. The molecule has 2 aromatic heterocycles. The van der Waals surface area contributed by atoms with E-state index in [1.807, 2.05) is 37.9 Å². The van der Waals surface area contributed by atoms with E-state index in [2.05, 4.69) is 20.3 Å². The zero-order chi connectivity index (χ0) is 15.9. The minimum absolute atomic E-state index is 0.0928. The SMILES string of the molecule is CC(C)NC(=O)c1cnc(N(C)CCc2ccncc2)nc1. The maximum atomic E-state index is 11.8. The maximum absolute atomic E-state index is 11.8. The van der Waals surface area contributed by atoms with Crippen LogP contribution in [0.25, 0.3) is 0 Å². The molecule has 0 bridgehead atoms. The van der Waals surface area contributed by atoms with Gasteiger partial charge in [0.1, 0.15) is 0 Å². The van der Waals surface area contributed by atoms with Crippen LogP contribution in [0.5, 0.6) is 0 Å². The van der Waals surface area contributed by atoms with Gasteiger partial charge in [-0.15, -0.1) is 0 Å². The van der Waals surface area contributed by atoms with Crippen molar-refractivity contribution in [3.63, 3.8) is 0 Å². The number of hydrogen-bond acceptors (Lipinski definition) is 5. The number of hydrogen-bond donors (Lipinski definition) is 1. The summed E-state index contributed by atoms with van der Waals surface area (Å²) in [6.07, 6.45) is 7.58.